The van der Waals surface area contributed by atoms with Gasteiger partial charge < -0.3 is 15.4 Å². The minimum absolute atomic E-state index is 0.319. The Hall–Kier alpha value is -2.67. The van der Waals surface area contributed by atoms with Crippen molar-refractivity contribution >= 4 is 33.4 Å². The standard InChI is InChI=1S/C19H18BrFN2O3/c1-3-10-22-19(25)14-6-4-5-7-16(14)23-18(24)12(2)26-17-9-8-13(21)11-15(17)20/h3-9,11-12H,1,10H2,2H3,(H,22,25)(H,23,24)/t12-/m0/s1. The minimum atomic E-state index is -0.860. The van der Waals surface area contributed by atoms with Crippen molar-refractivity contribution in [1.82, 2.24) is 5.32 Å². The average molecular weight is 421 g/mol. The molecular weight excluding hydrogens is 403 g/mol. The van der Waals surface area contributed by atoms with Gasteiger partial charge in [0.05, 0.1) is 15.7 Å². The molecule has 26 heavy (non-hydrogen) atoms. The zero-order chi connectivity index (χ0) is 19.1. The summed E-state index contributed by atoms with van der Waals surface area (Å²) in [6.07, 6.45) is 0.705. The highest BCUT2D eigenvalue weighted by Gasteiger charge is 2.19. The van der Waals surface area contributed by atoms with E-state index in [-0.39, 0.29) is 5.91 Å². The van der Waals surface area contributed by atoms with E-state index >= 15 is 0 Å². The summed E-state index contributed by atoms with van der Waals surface area (Å²) in [6, 6.07) is 10.6. The lowest BCUT2D eigenvalue weighted by atomic mass is 10.1. The Kier molecular flexibility index (Phi) is 6.91. The third-order valence-electron chi connectivity index (χ3n) is 3.40. The molecule has 0 saturated carbocycles. The zero-order valence-electron chi connectivity index (χ0n) is 14.1. The summed E-state index contributed by atoms with van der Waals surface area (Å²) < 4.78 is 19.1. The van der Waals surface area contributed by atoms with Gasteiger partial charge in [0.15, 0.2) is 6.10 Å². The molecule has 0 heterocycles. The Morgan fingerprint density at radius 1 is 1.31 bits per heavy atom. The number of rotatable bonds is 7. The Morgan fingerprint density at radius 2 is 2.04 bits per heavy atom. The second-order valence-electron chi connectivity index (χ2n) is 5.37. The van der Waals surface area contributed by atoms with Crippen molar-refractivity contribution in [2.45, 2.75) is 13.0 Å². The fourth-order valence-electron chi connectivity index (χ4n) is 2.10. The molecule has 2 aromatic rings. The molecule has 0 aliphatic heterocycles. The summed E-state index contributed by atoms with van der Waals surface area (Å²) in [5.74, 6) is -0.840. The molecule has 2 N–H and O–H groups in total. The van der Waals surface area contributed by atoms with Crippen molar-refractivity contribution < 1.29 is 18.7 Å². The number of hydrogen-bond donors (Lipinski definition) is 2. The molecule has 0 aliphatic carbocycles. The quantitative estimate of drug-likeness (QED) is 0.667. The van der Waals surface area contributed by atoms with Crippen LogP contribution in [0.2, 0.25) is 0 Å². The minimum Gasteiger partial charge on any atom is -0.480 e. The number of halogens is 2. The molecule has 0 saturated heterocycles. The first-order valence-corrected chi connectivity index (χ1v) is 8.62. The number of ether oxygens (including phenoxy) is 1. The monoisotopic (exact) mass is 420 g/mol. The van der Waals surface area contributed by atoms with Crippen LogP contribution in [-0.4, -0.2) is 24.5 Å². The van der Waals surface area contributed by atoms with Crippen LogP contribution in [-0.2, 0) is 4.79 Å². The number of amides is 2. The molecule has 0 spiro atoms. The smallest absolute Gasteiger partial charge is 0.265 e. The number of para-hydroxylation sites is 1. The highest BCUT2D eigenvalue weighted by atomic mass is 79.9. The summed E-state index contributed by atoms with van der Waals surface area (Å²) in [6.45, 7) is 5.42. The number of carbonyl (C=O) groups is 2. The van der Waals surface area contributed by atoms with Crippen molar-refractivity contribution in [2.75, 3.05) is 11.9 Å². The van der Waals surface area contributed by atoms with Crippen molar-refractivity contribution in [3.8, 4) is 5.75 Å². The Bertz CT molecular complexity index is 826. The number of hydrogen-bond acceptors (Lipinski definition) is 3. The van der Waals surface area contributed by atoms with Gasteiger partial charge in [-0.05, 0) is 53.2 Å². The summed E-state index contributed by atoms with van der Waals surface area (Å²) >= 11 is 3.19. The van der Waals surface area contributed by atoms with Gasteiger partial charge in [0.1, 0.15) is 11.6 Å². The van der Waals surface area contributed by atoms with Crippen LogP contribution < -0.4 is 15.4 Å². The molecule has 136 valence electrons. The van der Waals surface area contributed by atoms with E-state index in [4.69, 9.17) is 4.74 Å². The summed E-state index contributed by atoms with van der Waals surface area (Å²) in [5, 5.41) is 5.34. The molecule has 0 radical (unpaired) electrons. The molecule has 2 amide bonds. The lowest BCUT2D eigenvalue weighted by Gasteiger charge is -2.17. The number of carbonyl (C=O) groups excluding carboxylic acids is 2. The number of nitrogens with one attached hydrogen (secondary N) is 2. The first-order chi connectivity index (χ1) is 12.4. The van der Waals surface area contributed by atoms with Crippen LogP contribution in [0.4, 0.5) is 10.1 Å². The second-order valence-corrected chi connectivity index (χ2v) is 6.22. The largest absolute Gasteiger partial charge is 0.480 e. The topological polar surface area (TPSA) is 67.4 Å². The second kappa shape index (κ2) is 9.15. The molecular formula is C19H18BrFN2O3. The molecule has 5 nitrogen and oxygen atoms in total. The van der Waals surface area contributed by atoms with Gasteiger partial charge >= 0.3 is 0 Å². The van der Waals surface area contributed by atoms with Crippen molar-refractivity contribution in [2.24, 2.45) is 0 Å². The SMILES string of the molecule is C=CCNC(=O)c1ccccc1NC(=O)[C@H](C)Oc1ccc(F)cc1Br. The van der Waals surface area contributed by atoms with E-state index in [2.05, 4.69) is 33.1 Å². The van der Waals surface area contributed by atoms with Crippen LogP contribution in [0, 0.1) is 5.82 Å². The summed E-state index contributed by atoms with van der Waals surface area (Å²) in [7, 11) is 0. The highest BCUT2D eigenvalue weighted by Crippen LogP contribution is 2.26. The van der Waals surface area contributed by atoms with Gasteiger partial charge in [-0.25, -0.2) is 4.39 Å². The predicted molar refractivity (Wildman–Crippen MR) is 102 cm³/mol. The van der Waals surface area contributed by atoms with Gasteiger partial charge in [-0.2, -0.15) is 0 Å². The van der Waals surface area contributed by atoms with Gasteiger partial charge in [0.25, 0.3) is 11.8 Å². The van der Waals surface area contributed by atoms with Crippen molar-refractivity contribution in [3.05, 3.63) is 71.0 Å². The number of benzene rings is 2. The molecule has 0 bridgehead atoms. The van der Waals surface area contributed by atoms with E-state index in [1.54, 1.807) is 37.3 Å². The molecule has 0 aromatic heterocycles. The first-order valence-electron chi connectivity index (χ1n) is 7.83. The molecule has 1 atom stereocenters. The van der Waals surface area contributed by atoms with Crippen LogP contribution in [0.15, 0.2) is 59.6 Å². The van der Waals surface area contributed by atoms with Gasteiger partial charge in [0, 0.05) is 6.54 Å². The Labute approximate surface area is 159 Å². The zero-order valence-corrected chi connectivity index (χ0v) is 15.7. The van der Waals surface area contributed by atoms with Gasteiger partial charge in [-0.1, -0.05) is 18.2 Å². The van der Waals surface area contributed by atoms with Crippen molar-refractivity contribution in [3.63, 3.8) is 0 Å². The van der Waals surface area contributed by atoms with E-state index in [1.807, 2.05) is 0 Å². The molecule has 0 fully saturated rings. The first kappa shape index (κ1) is 19.7. The summed E-state index contributed by atoms with van der Waals surface area (Å²) in [4.78, 5) is 24.6. The third kappa shape index (κ3) is 5.16. The lowest BCUT2D eigenvalue weighted by molar-refractivity contribution is -0.122. The van der Waals surface area contributed by atoms with E-state index in [9.17, 15) is 14.0 Å². The summed E-state index contributed by atoms with van der Waals surface area (Å²) in [5.41, 5.74) is 0.700. The lowest BCUT2D eigenvalue weighted by Crippen LogP contribution is -2.32. The highest BCUT2D eigenvalue weighted by molar-refractivity contribution is 9.10. The van der Waals surface area contributed by atoms with Crippen LogP contribution in [0.3, 0.4) is 0 Å². The average Bonchev–Trinajstić information content (AvgIpc) is 2.62. The van der Waals surface area contributed by atoms with E-state index < -0.39 is 17.8 Å². The van der Waals surface area contributed by atoms with Crippen molar-refractivity contribution in [1.29, 1.82) is 0 Å². The van der Waals surface area contributed by atoms with Gasteiger partial charge in [-0.15, -0.1) is 6.58 Å². The van der Waals surface area contributed by atoms with Crippen LogP contribution in [0.1, 0.15) is 17.3 Å². The van der Waals surface area contributed by atoms with E-state index in [0.29, 0.717) is 28.0 Å². The van der Waals surface area contributed by atoms with Gasteiger partial charge in [0.2, 0.25) is 0 Å². The third-order valence-corrected chi connectivity index (χ3v) is 4.02. The normalized spacial score (nSPS) is 11.3. The van der Waals surface area contributed by atoms with Gasteiger partial charge in [-0.3, -0.25) is 9.59 Å². The van der Waals surface area contributed by atoms with Crippen LogP contribution in [0.25, 0.3) is 0 Å². The fraction of sp³-hybridized carbons (Fsp3) is 0.158. The molecule has 0 unspecified atom stereocenters. The molecule has 2 aromatic carbocycles. The van der Waals surface area contributed by atoms with E-state index in [0.717, 1.165) is 0 Å². The molecule has 0 aliphatic rings. The maximum absolute atomic E-state index is 13.1. The maximum Gasteiger partial charge on any atom is 0.265 e. The fourth-order valence-corrected chi connectivity index (χ4v) is 2.54. The molecule has 7 heteroatoms. The van der Waals surface area contributed by atoms with Crippen LogP contribution >= 0.6 is 15.9 Å². The van der Waals surface area contributed by atoms with E-state index in [1.165, 1.54) is 18.2 Å². The van der Waals surface area contributed by atoms with Crippen LogP contribution in [0.5, 0.6) is 5.75 Å². The Balaban J connectivity index is 2.09. The number of anilines is 1. The predicted octanol–water partition coefficient (Wildman–Crippen LogP) is 3.91. The maximum atomic E-state index is 13.1. The molecule has 2 rings (SSSR count). The Morgan fingerprint density at radius 3 is 2.73 bits per heavy atom.